The van der Waals surface area contributed by atoms with Crippen molar-refractivity contribution in [2.75, 3.05) is 13.7 Å². The van der Waals surface area contributed by atoms with E-state index in [1.807, 2.05) is 0 Å². The van der Waals surface area contributed by atoms with Crippen molar-refractivity contribution < 1.29 is 32.8 Å². The number of nitrogens with one attached hydrogen (secondary N) is 1. The predicted octanol–water partition coefficient (Wildman–Crippen LogP) is 2.32. The lowest BCUT2D eigenvalue weighted by molar-refractivity contribution is -0.148. The fraction of sp³-hybridized carbons (Fsp3) is 0.190. The first-order chi connectivity index (χ1) is 15.0. The number of amides is 2. The Morgan fingerprint density at radius 1 is 1.10 bits per heavy atom. The zero-order valence-corrected chi connectivity index (χ0v) is 16.5. The monoisotopic (exact) mass is 427 g/mol. The fourth-order valence-corrected chi connectivity index (χ4v) is 2.56. The van der Waals surface area contributed by atoms with Crippen LogP contribution in [0.5, 0.6) is 5.75 Å². The molecule has 10 heteroatoms. The van der Waals surface area contributed by atoms with Gasteiger partial charge in [0.05, 0.1) is 19.1 Å². The van der Waals surface area contributed by atoms with E-state index in [1.165, 1.54) is 37.4 Å². The Balaban J connectivity index is 1.43. The van der Waals surface area contributed by atoms with E-state index in [0.717, 1.165) is 0 Å². The molecular weight excluding hydrogens is 409 g/mol. The van der Waals surface area contributed by atoms with E-state index in [-0.39, 0.29) is 35.9 Å². The zero-order chi connectivity index (χ0) is 22.2. The molecule has 0 bridgehead atoms. The van der Waals surface area contributed by atoms with Crippen molar-refractivity contribution in [1.82, 2.24) is 15.5 Å². The molecule has 1 heterocycles. The van der Waals surface area contributed by atoms with Gasteiger partial charge in [-0.1, -0.05) is 17.3 Å². The maximum absolute atomic E-state index is 13.0. The maximum atomic E-state index is 13.0. The lowest BCUT2D eigenvalue weighted by Crippen LogP contribution is -2.34. The van der Waals surface area contributed by atoms with E-state index < -0.39 is 24.4 Å². The third kappa shape index (κ3) is 5.95. The van der Waals surface area contributed by atoms with Crippen LogP contribution in [0.15, 0.2) is 53.1 Å². The Labute approximate surface area is 176 Å². The molecule has 0 unspecified atom stereocenters. The number of hydrogen-bond donors (Lipinski definition) is 1. The number of carbonyl (C=O) groups excluding carboxylic acids is 3. The molecule has 0 radical (unpaired) electrons. The number of halogens is 1. The third-order valence-corrected chi connectivity index (χ3v) is 4.08. The molecule has 0 saturated carbocycles. The molecule has 0 aliphatic rings. The highest BCUT2D eigenvalue weighted by Gasteiger charge is 2.16. The van der Waals surface area contributed by atoms with E-state index in [9.17, 15) is 18.8 Å². The van der Waals surface area contributed by atoms with Crippen LogP contribution in [0.2, 0.25) is 0 Å². The van der Waals surface area contributed by atoms with Gasteiger partial charge in [0.2, 0.25) is 11.7 Å². The summed E-state index contributed by atoms with van der Waals surface area (Å²) in [6.45, 7) is -0.621. The highest BCUT2D eigenvalue weighted by atomic mass is 19.1. The third-order valence-electron chi connectivity index (χ3n) is 4.08. The lowest BCUT2D eigenvalue weighted by atomic mass is 10.2. The molecule has 2 aromatic carbocycles. The minimum Gasteiger partial charge on any atom is -0.496 e. The van der Waals surface area contributed by atoms with Crippen molar-refractivity contribution in [3.05, 3.63) is 65.8 Å². The van der Waals surface area contributed by atoms with Crippen molar-refractivity contribution in [1.29, 1.82) is 0 Å². The van der Waals surface area contributed by atoms with Gasteiger partial charge in [-0.05, 0) is 36.4 Å². The molecule has 0 fully saturated rings. The molecule has 3 rings (SSSR count). The Kier molecular flexibility index (Phi) is 7.05. The molecule has 0 aliphatic carbocycles. The summed E-state index contributed by atoms with van der Waals surface area (Å²) in [5, 5.41) is 5.89. The van der Waals surface area contributed by atoms with Gasteiger partial charge < -0.3 is 14.0 Å². The van der Waals surface area contributed by atoms with Gasteiger partial charge in [-0.2, -0.15) is 4.98 Å². The summed E-state index contributed by atoms with van der Waals surface area (Å²) in [5.41, 5.74) is 0.744. The van der Waals surface area contributed by atoms with Crippen molar-refractivity contribution in [3.63, 3.8) is 0 Å². The first-order valence-corrected chi connectivity index (χ1v) is 9.17. The zero-order valence-electron chi connectivity index (χ0n) is 16.5. The minimum atomic E-state index is -0.777. The van der Waals surface area contributed by atoms with Gasteiger partial charge in [0, 0.05) is 12.0 Å². The second-order valence-corrected chi connectivity index (χ2v) is 6.26. The number of carbonyl (C=O) groups is 3. The summed E-state index contributed by atoms with van der Waals surface area (Å²) < 4.78 is 27.9. The number of hydrogen-bond acceptors (Lipinski definition) is 8. The standard InChI is InChI=1S/C21H18FN3O6/c1-29-16-5-3-2-4-15(16)21(28)23-17(26)12-30-19(27)11-10-18-24-20(25-31-18)13-6-8-14(22)9-7-13/h2-9H,10-12H2,1H3,(H,23,26,28). The van der Waals surface area contributed by atoms with Gasteiger partial charge in [-0.25, -0.2) is 4.39 Å². The second-order valence-electron chi connectivity index (χ2n) is 6.26. The molecule has 0 aliphatic heterocycles. The molecule has 160 valence electrons. The van der Waals surface area contributed by atoms with Gasteiger partial charge >= 0.3 is 5.97 Å². The van der Waals surface area contributed by atoms with Gasteiger partial charge in [0.1, 0.15) is 11.6 Å². The topological polar surface area (TPSA) is 121 Å². The van der Waals surface area contributed by atoms with Gasteiger partial charge in [-0.3, -0.25) is 19.7 Å². The van der Waals surface area contributed by atoms with Gasteiger partial charge in [0.25, 0.3) is 11.8 Å². The van der Waals surface area contributed by atoms with Crippen molar-refractivity contribution in [2.24, 2.45) is 0 Å². The average Bonchev–Trinajstić information content (AvgIpc) is 3.25. The largest absolute Gasteiger partial charge is 0.496 e. The van der Waals surface area contributed by atoms with E-state index in [4.69, 9.17) is 14.0 Å². The number of ether oxygens (including phenoxy) is 2. The van der Waals surface area contributed by atoms with Crippen LogP contribution in [-0.4, -0.2) is 41.6 Å². The molecule has 1 N–H and O–H groups in total. The normalized spacial score (nSPS) is 10.4. The molecular formula is C21H18FN3O6. The summed E-state index contributed by atoms with van der Waals surface area (Å²) in [4.78, 5) is 40.0. The number of esters is 1. The first-order valence-electron chi connectivity index (χ1n) is 9.17. The number of aryl methyl sites for hydroxylation is 1. The van der Waals surface area contributed by atoms with Gasteiger partial charge in [0.15, 0.2) is 6.61 Å². The molecule has 0 saturated heterocycles. The molecule has 0 spiro atoms. The summed E-state index contributed by atoms with van der Waals surface area (Å²) in [6.07, 6.45) is -0.0203. The number of benzene rings is 2. The number of nitrogens with zero attached hydrogens (tertiary/aromatic N) is 2. The maximum Gasteiger partial charge on any atom is 0.306 e. The summed E-state index contributed by atoms with van der Waals surface area (Å²) in [7, 11) is 1.40. The lowest BCUT2D eigenvalue weighted by Gasteiger charge is -2.08. The minimum absolute atomic E-state index is 0.0921. The first kappa shape index (κ1) is 21.6. The summed E-state index contributed by atoms with van der Waals surface area (Å²) in [5.74, 6) is -1.75. The highest BCUT2D eigenvalue weighted by Crippen LogP contribution is 2.17. The molecule has 3 aromatic rings. The van der Waals surface area contributed by atoms with Crippen LogP contribution < -0.4 is 10.1 Å². The van der Waals surface area contributed by atoms with Crippen LogP contribution in [0.1, 0.15) is 22.7 Å². The molecule has 0 atom stereocenters. The number of para-hydroxylation sites is 1. The van der Waals surface area contributed by atoms with Crippen LogP contribution in [0.25, 0.3) is 11.4 Å². The summed E-state index contributed by atoms with van der Waals surface area (Å²) >= 11 is 0. The number of methoxy groups -OCH3 is 1. The Morgan fingerprint density at radius 2 is 1.84 bits per heavy atom. The van der Waals surface area contributed by atoms with Crippen LogP contribution in [0, 0.1) is 5.82 Å². The smallest absolute Gasteiger partial charge is 0.306 e. The molecule has 9 nitrogen and oxygen atoms in total. The number of rotatable bonds is 8. The van der Waals surface area contributed by atoms with Crippen molar-refractivity contribution >= 4 is 17.8 Å². The molecule has 2 amide bonds. The second kappa shape index (κ2) is 10.1. The van der Waals surface area contributed by atoms with Gasteiger partial charge in [-0.15, -0.1) is 0 Å². The Morgan fingerprint density at radius 3 is 2.58 bits per heavy atom. The Hall–Kier alpha value is -4.08. The predicted molar refractivity (Wildman–Crippen MR) is 104 cm³/mol. The number of aromatic nitrogens is 2. The summed E-state index contributed by atoms with van der Waals surface area (Å²) in [6, 6.07) is 11.9. The van der Waals surface area contributed by atoms with E-state index in [0.29, 0.717) is 11.3 Å². The van der Waals surface area contributed by atoms with Crippen LogP contribution in [-0.2, 0) is 20.7 Å². The SMILES string of the molecule is COc1ccccc1C(=O)NC(=O)COC(=O)CCc1nc(-c2ccc(F)cc2)no1. The highest BCUT2D eigenvalue weighted by molar-refractivity contribution is 6.06. The number of imide groups is 1. The van der Waals surface area contributed by atoms with Crippen molar-refractivity contribution in [3.8, 4) is 17.1 Å². The van der Waals surface area contributed by atoms with E-state index >= 15 is 0 Å². The fourth-order valence-electron chi connectivity index (χ4n) is 2.56. The van der Waals surface area contributed by atoms with Crippen LogP contribution in [0.3, 0.4) is 0 Å². The molecule has 31 heavy (non-hydrogen) atoms. The average molecular weight is 427 g/mol. The van der Waals surface area contributed by atoms with E-state index in [2.05, 4.69) is 15.5 Å². The van der Waals surface area contributed by atoms with Crippen molar-refractivity contribution in [2.45, 2.75) is 12.8 Å². The molecule has 1 aromatic heterocycles. The van der Waals surface area contributed by atoms with E-state index in [1.54, 1.807) is 18.2 Å². The van der Waals surface area contributed by atoms with Crippen LogP contribution in [0.4, 0.5) is 4.39 Å². The quantitative estimate of drug-likeness (QED) is 0.544. The van der Waals surface area contributed by atoms with Crippen LogP contribution >= 0.6 is 0 Å². The Bertz CT molecular complexity index is 1080.